The summed E-state index contributed by atoms with van der Waals surface area (Å²) in [5.74, 6) is -0.808. The Bertz CT molecular complexity index is 213. The molecule has 1 N–H and O–H groups in total. The second kappa shape index (κ2) is 4.55. The molecule has 7 heteroatoms. The van der Waals surface area contributed by atoms with E-state index in [1.54, 1.807) is 0 Å². The number of ether oxygens (including phenoxy) is 1. The molecule has 0 aromatic rings. The number of nitrogens with zero attached hydrogens (tertiary/aromatic N) is 3. The maximum atomic E-state index is 10.9. The van der Waals surface area contributed by atoms with Crippen LogP contribution in [-0.2, 0) is 14.4 Å². The first-order chi connectivity index (χ1) is 5.60. The van der Waals surface area contributed by atoms with Gasteiger partial charge in [0, 0.05) is 4.91 Å². The number of carbonyl (C=O) groups excluding carboxylic acids is 1. The highest BCUT2D eigenvalue weighted by Gasteiger charge is 2.35. The minimum Gasteiger partial charge on any atom is -0.467 e. The van der Waals surface area contributed by atoms with E-state index >= 15 is 0 Å². The maximum absolute atomic E-state index is 10.9. The number of methoxy groups -OCH3 is 1. The highest BCUT2D eigenvalue weighted by atomic mass is 17.1. The van der Waals surface area contributed by atoms with E-state index in [9.17, 15) is 4.79 Å². The quantitative estimate of drug-likeness (QED) is 0.170. The van der Waals surface area contributed by atoms with Crippen molar-refractivity contribution in [1.29, 1.82) is 0 Å². The summed E-state index contributed by atoms with van der Waals surface area (Å²) in [5.41, 5.74) is 6.32. The molecule has 0 aliphatic rings. The monoisotopic (exact) mass is 175 g/mol. The Morgan fingerprint density at radius 3 is 2.75 bits per heavy atom. The lowest BCUT2D eigenvalue weighted by Crippen LogP contribution is -2.41. The number of carbonyl (C=O) groups is 1. The second-order valence-electron chi connectivity index (χ2n) is 2.20. The summed E-state index contributed by atoms with van der Waals surface area (Å²) in [5, 5.41) is 11.4. The fraction of sp³-hybridized carbons (Fsp3) is 0.800. The lowest BCUT2D eigenvalue weighted by atomic mass is 10.1. The van der Waals surface area contributed by atoms with Crippen LogP contribution in [0.1, 0.15) is 6.92 Å². The minimum absolute atomic E-state index is 0.327. The van der Waals surface area contributed by atoms with Crippen molar-refractivity contribution in [3.63, 3.8) is 0 Å². The number of hydrogen-bond donors (Lipinski definition) is 1. The van der Waals surface area contributed by atoms with Gasteiger partial charge in [0.05, 0.1) is 13.7 Å². The predicted molar refractivity (Wildman–Crippen MR) is 38.1 cm³/mol. The van der Waals surface area contributed by atoms with Gasteiger partial charge in [-0.1, -0.05) is 5.11 Å². The summed E-state index contributed by atoms with van der Waals surface area (Å²) in [6, 6.07) is 0. The summed E-state index contributed by atoms with van der Waals surface area (Å²) in [6.45, 7) is 0.917. The summed E-state index contributed by atoms with van der Waals surface area (Å²) < 4.78 is 4.30. The van der Waals surface area contributed by atoms with E-state index in [0.29, 0.717) is 0 Å². The SMILES string of the molecule is COC(=O)C(C)(CN=[N+]=[N-])OO. The average Bonchev–Trinajstić information content (AvgIpc) is 2.12. The van der Waals surface area contributed by atoms with Gasteiger partial charge in [0.25, 0.3) is 0 Å². The number of rotatable bonds is 4. The Hall–Kier alpha value is -1.30. The Balaban J connectivity index is 4.43. The zero-order valence-electron chi connectivity index (χ0n) is 6.72. The maximum Gasteiger partial charge on any atom is 0.341 e. The summed E-state index contributed by atoms with van der Waals surface area (Å²) >= 11 is 0. The molecule has 0 radical (unpaired) electrons. The molecule has 0 saturated heterocycles. The summed E-state index contributed by atoms with van der Waals surface area (Å²) in [4.78, 5) is 17.1. The zero-order valence-corrected chi connectivity index (χ0v) is 6.72. The van der Waals surface area contributed by atoms with E-state index in [-0.39, 0.29) is 6.54 Å². The highest BCUT2D eigenvalue weighted by molar-refractivity contribution is 5.79. The van der Waals surface area contributed by atoms with Crippen LogP contribution in [0.5, 0.6) is 0 Å². The second-order valence-corrected chi connectivity index (χ2v) is 2.20. The van der Waals surface area contributed by atoms with Gasteiger partial charge in [-0.05, 0) is 12.5 Å². The number of azide groups is 1. The van der Waals surface area contributed by atoms with Gasteiger partial charge in [-0.15, -0.1) is 0 Å². The van der Waals surface area contributed by atoms with Crippen LogP contribution in [0.2, 0.25) is 0 Å². The van der Waals surface area contributed by atoms with Gasteiger partial charge in [0.1, 0.15) is 0 Å². The van der Waals surface area contributed by atoms with Crippen molar-refractivity contribution in [2.45, 2.75) is 12.5 Å². The van der Waals surface area contributed by atoms with E-state index < -0.39 is 11.6 Å². The van der Waals surface area contributed by atoms with Crippen molar-refractivity contribution in [2.75, 3.05) is 13.7 Å². The lowest BCUT2D eigenvalue weighted by Gasteiger charge is -2.19. The van der Waals surface area contributed by atoms with Crippen molar-refractivity contribution in [1.82, 2.24) is 0 Å². The molecule has 0 spiro atoms. The third-order valence-corrected chi connectivity index (χ3v) is 1.25. The van der Waals surface area contributed by atoms with E-state index in [0.717, 1.165) is 7.11 Å². The summed E-state index contributed by atoms with van der Waals surface area (Å²) in [6.07, 6.45) is 0. The molecule has 0 aromatic heterocycles. The van der Waals surface area contributed by atoms with Crippen LogP contribution in [0.25, 0.3) is 10.4 Å². The normalized spacial score (nSPS) is 14.2. The minimum atomic E-state index is -1.62. The van der Waals surface area contributed by atoms with E-state index in [1.807, 2.05) is 0 Å². The molecule has 0 aliphatic heterocycles. The van der Waals surface area contributed by atoms with Gasteiger partial charge in [-0.25, -0.2) is 9.68 Å². The highest BCUT2D eigenvalue weighted by Crippen LogP contribution is 2.11. The van der Waals surface area contributed by atoms with Crippen molar-refractivity contribution < 1.29 is 19.7 Å². The topological polar surface area (TPSA) is 105 Å². The third-order valence-electron chi connectivity index (χ3n) is 1.25. The molecule has 0 heterocycles. The molecular weight excluding hydrogens is 166 g/mol. The van der Waals surface area contributed by atoms with Crippen molar-refractivity contribution >= 4 is 5.97 Å². The lowest BCUT2D eigenvalue weighted by molar-refractivity contribution is -0.309. The molecule has 7 nitrogen and oxygen atoms in total. The van der Waals surface area contributed by atoms with E-state index in [2.05, 4.69) is 19.7 Å². The van der Waals surface area contributed by atoms with Gasteiger partial charge in [0.15, 0.2) is 0 Å². The fourth-order valence-corrected chi connectivity index (χ4v) is 0.513. The van der Waals surface area contributed by atoms with E-state index in [1.165, 1.54) is 6.92 Å². The molecule has 0 amide bonds. The first-order valence-electron chi connectivity index (χ1n) is 3.02. The van der Waals surface area contributed by atoms with E-state index in [4.69, 9.17) is 10.8 Å². The Labute approximate surface area is 68.4 Å². The largest absolute Gasteiger partial charge is 0.467 e. The van der Waals surface area contributed by atoms with Gasteiger partial charge < -0.3 is 4.74 Å². The molecule has 68 valence electrons. The van der Waals surface area contributed by atoms with Crippen LogP contribution in [0.4, 0.5) is 0 Å². The van der Waals surface area contributed by atoms with Crippen molar-refractivity contribution in [3.8, 4) is 0 Å². The smallest absolute Gasteiger partial charge is 0.341 e. The molecule has 1 atom stereocenters. The molecule has 0 rings (SSSR count). The molecule has 0 aromatic carbocycles. The van der Waals surface area contributed by atoms with Gasteiger partial charge in [-0.3, -0.25) is 5.26 Å². The van der Waals surface area contributed by atoms with Crippen LogP contribution < -0.4 is 0 Å². The molecular formula is C5H9N3O4. The molecule has 12 heavy (non-hydrogen) atoms. The first kappa shape index (κ1) is 10.7. The Morgan fingerprint density at radius 1 is 1.83 bits per heavy atom. The standard InChI is InChI=1S/C5H9N3O4/c1-5(12-10,3-7-8-6)4(9)11-2/h10H,3H2,1-2H3. The molecule has 1 unspecified atom stereocenters. The van der Waals surface area contributed by atoms with Crippen LogP contribution in [0, 0.1) is 0 Å². The predicted octanol–water partition coefficient (Wildman–Crippen LogP) is 0.718. The Morgan fingerprint density at radius 2 is 2.42 bits per heavy atom. The van der Waals surface area contributed by atoms with Crippen LogP contribution in [0.15, 0.2) is 5.11 Å². The third kappa shape index (κ3) is 2.39. The zero-order chi connectivity index (χ0) is 9.61. The molecule has 0 saturated carbocycles. The number of hydrogen-bond acceptors (Lipinski definition) is 5. The number of esters is 1. The average molecular weight is 175 g/mol. The fourth-order valence-electron chi connectivity index (χ4n) is 0.513. The Kier molecular flexibility index (Phi) is 4.06. The van der Waals surface area contributed by atoms with Crippen LogP contribution in [0.3, 0.4) is 0 Å². The molecule has 0 fully saturated rings. The van der Waals surface area contributed by atoms with Crippen LogP contribution in [-0.4, -0.2) is 30.5 Å². The van der Waals surface area contributed by atoms with Crippen LogP contribution >= 0.6 is 0 Å². The molecule has 0 aliphatic carbocycles. The molecule has 0 bridgehead atoms. The van der Waals surface area contributed by atoms with Crippen molar-refractivity contribution in [2.24, 2.45) is 5.11 Å². The van der Waals surface area contributed by atoms with Crippen molar-refractivity contribution in [3.05, 3.63) is 10.4 Å². The first-order valence-corrected chi connectivity index (χ1v) is 3.02. The summed E-state index contributed by atoms with van der Waals surface area (Å²) in [7, 11) is 1.13. The van der Waals surface area contributed by atoms with Gasteiger partial charge >= 0.3 is 5.97 Å². The van der Waals surface area contributed by atoms with Gasteiger partial charge in [-0.2, -0.15) is 0 Å². The van der Waals surface area contributed by atoms with Gasteiger partial charge in [0.2, 0.25) is 5.60 Å².